The first kappa shape index (κ1) is 41.0. The molecule has 264 valence electrons. The molecule has 0 radical (unpaired) electrons. The van der Waals surface area contributed by atoms with Gasteiger partial charge in [-0.1, -0.05) is 31.8 Å². The molecule has 0 aromatic heterocycles. The summed E-state index contributed by atoms with van der Waals surface area (Å²) in [5.41, 5.74) is 3.58. The summed E-state index contributed by atoms with van der Waals surface area (Å²) in [4.78, 5) is 81.4. The second-order valence-corrected chi connectivity index (χ2v) is 14.1. The number of piperidine rings is 1. The molecule has 11 nitrogen and oxygen atoms in total. The number of amides is 4. The van der Waals surface area contributed by atoms with Crippen LogP contribution in [0.1, 0.15) is 94.1 Å². The molecule has 0 spiro atoms. The number of carbonyl (C=O) groups excluding carboxylic acids is 6. The van der Waals surface area contributed by atoms with Crippen molar-refractivity contribution in [1.82, 2.24) is 25.8 Å². The maximum absolute atomic E-state index is 13.1. The first-order valence-electron chi connectivity index (χ1n) is 16.6. The van der Waals surface area contributed by atoms with Gasteiger partial charge in [0.2, 0.25) is 5.91 Å². The molecule has 2 atom stereocenters. The van der Waals surface area contributed by atoms with Crippen LogP contribution >= 0.6 is 0 Å². The van der Waals surface area contributed by atoms with Gasteiger partial charge in [-0.2, -0.15) is 0 Å². The predicted molar refractivity (Wildman–Crippen MR) is 188 cm³/mol. The Kier molecular flexibility index (Phi) is 17.6. The number of benzene rings is 1. The van der Waals surface area contributed by atoms with Gasteiger partial charge in [-0.3, -0.25) is 9.59 Å². The number of aldehydes is 2. The monoisotopic (exact) mass is 843 g/mol. The van der Waals surface area contributed by atoms with Crippen molar-refractivity contribution in [3.63, 3.8) is 0 Å². The maximum atomic E-state index is 13.1. The van der Waals surface area contributed by atoms with Crippen LogP contribution in [0.2, 0.25) is 0 Å². The van der Waals surface area contributed by atoms with E-state index in [9.17, 15) is 28.8 Å². The molecule has 49 heavy (non-hydrogen) atoms. The summed E-state index contributed by atoms with van der Waals surface area (Å²) in [5.74, 6) is 5.37. The van der Waals surface area contributed by atoms with Gasteiger partial charge in [-0.15, -0.1) is 0 Å². The molecule has 3 rings (SSSR count). The molecular formula is C37H49N5O6W. The molecule has 2 aliphatic heterocycles. The molecule has 1 fully saturated rings. The zero-order valence-electron chi connectivity index (χ0n) is 29.4. The Labute approximate surface area is 297 Å². The topological polar surface area (TPSA) is 145 Å². The Hall–Kier alpha value is -4.13. The number of hydrogen-bond donors (Lipinski definition) is 3. The van der Waals surface area contributed by atoms with Crippen LogP contribution in [0.3, 0.4) is 0 Å². The minimum atomic E-state index is -0.900. The van der Waals surface area contributed by atoms with Crippen LogP contribution in [0.15, 0.2) is 41.1 Å². The van der Waals surface area contributed by atoms with Crippen LogP contribution in [0, 0.1) is 11.8 Å². The summed E-state index contributed by atoms with van der Waals surface area (Å²) in [7, 11) is 3.34. The van der Waals surface area contributed by atoms with E-state index in [1.54, 1.807) is 32.1 Å². The van der Waals surface area contributed by atoms with Crippen molar-refractivity contribution in [2.24, 2.45) is 0 Å². The number of likely N-dealkylation sites (N-methyl/N-ethyl adjacent to an activating group) is 2. The molecule has 0 saturated carbocycles. The third-order valence-corrected chi connectivity index (χ3v) is 10.6. The molecule has 3 N–H and O–H groups in total. The van der Waals surface area contributed by atoms with E-state index in [-0.39, 0.29) is 55.5 Å². The Morgan fingerprint density at radius 3 is 2.59 bits per heavy atom. The second-order valence-electron chi connectivity index (χ2n) is 11.3. The fourth-order valence-electron chi connectivity index (χ4n) is 5.70. The van der Waals surface area contributed by atoms with Gasteiger partial charge in [0.05, 0.1) is 0 Å². The van der Waals surface area contributed by atoms with Crippen LogP contribution in [0.4, 0.5) is 0 Å². The Morgan fingerprint density at radius 2 is 1.98 bits per heavy atom. The van der Waals surface area contributed by atoms with E-state index in [0.29, 0.717) is 53.8 Å². The molecule has 1 aromatic rings. The molecule has 0 bridgehead atoms. The summed E-state index contributed by atoms with van der Waals surface area (Å²) in [5, 5.41) is 8.49. The van der Waals surface area contributed by atoms with Gasteiger partial charge in [0.25, 0.3) is 5.91 Å². The van der Waals surface area contributed by atoms with Crippen LogP contribution in [0.25, 0.3) is 0 Å². The van der Waals surface area contributed by atoms with Gasteiger partial charge in [-0.25, -0.2) is 0 Å². The van der Waals surface area contributed by atoms with Gasteiger partial charge in [0.15, 0.2) is 0 Å². The number of nitrogens with one attached hydrogen (secondary N) is 3. The minimum absolute atomic E-state index is 0.0558. The van der Waals surface area contributed by atoms with Crippen LogP contribution in [-0.4, -0.2) is 87.7 Å². The SMILES string of the molecule is CC.[CH2]=[W]=[C]1CCC(N(C)CC(=C(/C)NC(=O)CCCC#Cc2cccc3c2CN(C(CCC=O)C(=O)NC)C3=O)/C(C=O)=C\C)C(=O)N1. The van der Waals surface area contributed by atoms with E-state index in [1.165, 1.54) is 11.9 Å². The standard InChI is InChI=1S/C34H41N5O6.C2H6.CH2.W/c1-5-24(22-41)27(20-38(4)29-15-10-18-36-33(29)44)23(2)37-31(42)17-8-6-7-12-25-13-9-14-26-28(25)21-39(34(26)45)30(16-11-19-40)32(43)35-3;1-2;;/h5,9,13-14,19,22,29-30H,6,8,10-11,15-17,20-21H2,1-4H3,(H,35,43)(H,36,44)(H,37,42);1-2H3;1H2;/b24-5-,27-23+;;;. The van der Waals surface area contributed by atoms with Crippen molar-refractivity contribution in [3.05, 3.63) is 57.8 Å². The third kappa shape index (κ3) is 11.2. The van der Waals surface area contributed by atoms with Gasteiger partial charge in [0, 0.05) is 37.6 Å². The quantitative estimate of drug-likeness (QED) is 0.0860. The normalized spacial score (nSPS) is 16.6. The second kappa shape index (κ2) is 21.1. The van der Waals surface area contributed by atoms with Crippen molar-refractivity contribution in [3.8, 4) is 11.8 Å². The molecule has 1 aromatic carbocycles. The Balaban J connectivity index is 0.00000409. The van der Waals surface area contributed by atoms with Gasteiger partial charge < -0.3 is 15.0 Å². The van der Waals surface area contributed by atoms with Crippen molar-refractivity contribution >= 4 is 45.1 Å². The molecular weight excluding hydrogens is 794 g/mol. The van der Waals surface area contributed by atoms with Crippen molar-refractivity contribution in [2.45, 2.75) is 91.3 Å². The first-order chi connectivity index (χ1) is 23.6. The summed E-state index contributed by atoms with van der Waals surface area (Å²) in [6.07, 6.45) is 6.25. The van der Waals surface area contributed by atoms with Gasteiger partial charge >= 0.3 is 157 Å². The van der Waals surface area contributed by atoms with Gasteiger partial charge in [-0.05, 0) is 24.1 Å². The van der Waals surface area contributed by atoms with E-state index in [4.69, 9.17) is 0 Å². The van der Waals surface area contributed by atoms with Crippen LogP contribution < -0.4 is 16.0 Å². The molecule has 0 aliphatic carbocycles. The average molecular weight is 844 g/mol. The van der Waals surface area contributed by atoms with Crippen molar-refractivity contribution < 1.29 is 46.4 Å². The Bertz CT molecular complexity index is 1600. The number of allylic oxidation sites excluding steroid dienone is 2. The van der Waals surface area contributed by atoms with Gasteiger partial charge in [0.1, 0.15) is 12.3 Å². The first-order valence-corrected chi connectivity index (χ1v) is 20.1. The van der Waals surface area contributed by atoms with E-state index in [2.05, 4.69) is 32.7 Å². The summed E-state index contributed by atoms with van der Waals surface area (Å²) in [6.45, 7) is 8.05. The molecule has 2 unspecified atom stereocenters. The summed E-state index contributed by atoms with van der Waals surface area (Å²) in [6, 6.07) is 4.20. The van der Waals surface area contributed by atoms with Crippen LogP contribution in [0.5, 0.6) is 0 Å². The third-order valence-electron chi connectivity index (χ3n) is 8.30. The number of carbonyl (C=O) groups is 6. The van der Waals surface area contributed by atoms with E-state index in [1.807, 2.05) is 31.9 Å². The Morgan fingerprint density at radius 1 is 1.24 bits per heavy atom. The predicted octanol–water partition coefficient (Wildman–Crippen LogP) is 2.67. The number of unbranched alkanes of at least 4 members (excludes halogenated alkanes) is 1. The number of rotatable bonds is 14. The zero-order valence-corrected chi connectivity index (χ0v) is 32.4. The molecule has 1 saturated heterocycles. The van der Waals surface area contributed by atoms with E-state index >= 15 is 0 Å². The van der Waals surface area contributed by atoms with E-state index < -0.39 is 23.7 Å². The van der Waals surface area contributed by atoms with Crippen LogP contribution in [-0.2, 0) is 48.2 Å². The average Bonchev–Trinajstić information content (AvgIpc) is 3.44. The van der Waals surface area contributed by atoms with Crippen molar-refractivity contribution in [2.75, 3.05) is 20.6 Å². The van der Waals surface area contributed by atoms with E-state index in [0.717, 1.165) is 28.6 Å². The fourth-order valence-corrected chi connectivity index (χ4v) is 7.26. The number of nitrogens with zero attached hydrogens (tertiary/aromatic N) is 2. The molecule has 4 amide bonds. The number of fused-ring (bicyclic) bond motifs is 1. The zero-order chi connectivity index (χ0) is 36.5. The summed E-state index contributed by atoms with van der Waals surface area (Å²) < 4.78 is 1.08. The summed E-state index contributed by atoms with van der Waals surface area (Å²) >= 11 is -0.900. The molecule has 2 heterocycles. The number of hydrogen-bond acceptors (Lipinski definition) is 7. The van der Waals surface area contributed by atoms with Crippen molar-refractivity contribution in [1.29, 1.82) is 0 Å². The fraction of sp³-hybridized carbons (Fsp3) is 0.459. The molecule has 12 heteroatoms. The molecule has 2 aliphatic rings.